The number of hydrogen-bond donors (Lipinski definition) is 0. The Morgan fingerprint density at radius 2 is 1.94 bits per heavy atom. The quantitative estimate of drug-likeness (QED) is 0.828. The van der Waals surface area contributed by atoms with E-state index in [0.717, 1.165) is 17.8 Å². The fourth-order valence-electron chi connectivity index (χ4n) is 2.08. The van der Waals surface area contributed by atoms with Crippen molar-refractivity contribution >= 4 is 0 Å². The number of halogens is 3. The van der Waals surface area contributed by atoms with Gasteiger partial charge in [-0.15, -0.1) is 0 Å². The third-order valence-corrected chi connectivity index (χ3v) is 3.02. The van der Waals surface area contributed by atoms with E-state index in [4.69, 9.17) is 4.74 Å². The van der Waals surface area contributed by atoms with Gasteiger partial charge in [0.1, 0.15) is 5.69 Å². The highest BCUT2D eigenvalue weighted by Gasteiger charge is 2.36. The van der Waals surface area contributed by atoms with Crippen LogP contribution in [0.25, 0.3) is 0 Å². The predicted molar refractivity (Wildman–Crippen MR) is 59.2 cm³/mol. The summed E-state index contributed by atoms with van der Waals surface area (Å²) in [6.07, 6.45) is -3.08. The van der Waals surface area contributed by atoms with Gasteiger partial charge in [-0.05, 0) is 12.5 Å². The number of rotatable bonds is 3. The molecule has 0 radical (unpaired) electrons. The standard InChI is InChI=1S/C11H16F3N3O/c1-9-8-15-17(10(9)11(12,13)14)3-2-16-4-6-18-7-5-16/h8H,2-7H2,1H3. The van der Waals surface area contributed by atoms with E-state index < -0.39 is 11.9 Å². The van der Waals surface area contributed by atoms with Gasteiger partial charge in [0.05, 0.1) is 26.0 Å². The Morgan fingerprint density at radius 3 is 2.56 bits per heavy atom. The molecule has 1 aromatic heterocycles. The van der Waals surface area contributed by atoms with E-state index in [2.05, 4.69) is 10.00 Å². The van der Waals surface area contributed by atoms with Crippen LogP contribution in [0.3, 0.4) is 0 Å². The molecule has 1 fully saturated rings. The maximum absolute atomic E-state index is 12.8. The smallest absolute Gasteiger partial charge is 0.379 e. The molecule has 0 N–H and O–H groups in total. The lowest BCUT2D eigenvalue weighted by Gasteiger charge is -2.26. The molecule has 1 aromatic rings. The molecule has 1 aliphatic heterocycles. The highest BCUT2D eigenvalue weighted by molar-refractivity contribution is 5.18. The molecule has 0 atom stereocenters. The minimum atomic E-state index is -4.34. The molecule has 0 bridgehead atoms. The second kappa shape index (κ2) is 5.27. The van der Waals surface area contributed by atoms with Crippen molar-refractivity contribution in [3.63, 3.8) is 0 Å². The van der Waals surface area contributed by atoms with E-state index in [1.807, 2.05) is 0 Å². The number of nitrogens with zero attached hydrogens (tertiary/aromatic N) is 3. The SMILES string of the molecule is Cc1cnn(CCN2CCOCC2)c1C(F)(F)F. The van der Waals surface area contributed by atoms with Gasteiger partial charge in [-0.1, -0.05) is 0 Å². The number of morpholine rings is 1. The molecule has 1 aliphatic rings. The zero-order chi connectivity index (χ0) is 13.2. The molecule has 18 heavy (non-hydrogen) atoms. The van der Waals surface area contributed by atoms with E-state index in [1.54, 1.807) is 0 Å². The second-order valence-electron chi connectivity index (χ2n) is 4.35. The fourth-order valence-corrected chi connectivity index (χ4v) is 2.08. The average Bonchev–Trinajstić information content (AvgIpc) is 2.69. The van der Waals surface area contributed by atoms with E-state index >= 15 is 0 Å². The van der Waals surface area contributed by atoms with Crippen molar-refractivity contribution in [1.82, 2.24) is 14.7 Å². The zero-order valence-electron chi connectivity index (χ0n) is 10.2. The Labute approximate surface area is 103 Å². The number of aryl methyl sites for hydroxylation is 1. The van der Waals surface area contributed by atoms with Gasteiger partial charge in [0, 0.05) is 19.6 Å². The van der Waals surface area contributed by atoms with E-state index in [0.29, 0.717) is 19.8 Å². The fraction of sp³-hybridized carbons (Fsp3) is 0.727. The summed E-state index contributed by atoms with van der Waals surface area (Å²) >= 11 is 0. The largest absolute Gasteiger partial charge is 0.433 e. The summed E-state index contributed by atoms with van der Waals surface area (Å²) in [5.74, 6) is 0. The summed E-state index contributed by atoms with van der Waals surface area (Å²) in [6, 6.07) is 0. The van der Waals surface area contributed by atoms with Crippen LogP contribution >= 0.6 is 0 Å². The molecule has 102 valence electrons. The third kappa shape index (κ3) is 3.02. The molecule has 0 spiro atoms. The highest BCUT2D eigenvalue weighted by Crippen LogP contribution is 2.31. The van der Waals surface area contributed by atoms with Crippen LogP contribution in [0.4, 0.5) is 13.2 Å². The van der Waals surface area contributed by atoms with Gasteiger partial charge in [0.2, 0.25) is 0 Å². The van der Waals surface area contributed by atoms with Gasteiger partial charge in [0.15, 0.2) is 0 Å². The van der Waals surface area contributed by atoms with Crippen molar-refractivity contribution in [2.24, 2.45) is 0 Å². The number of alkyl halides is 3. The zero-order valence-corrected chi connectivity index (χ0v) is 10.2. The molecule has 0 unspecified atom stereocenters. The van der Waals surface area contributed by atoms with E-state index in [9.17, 15) is 13.2 Å². The molecule has 0 aliphatic carbocycles. The van der Waals surface area contributed by atoms with Gasteiger partial charge in [0.25, 0.3) is 0 Å². The van der Waals surface area contributed by atoms with Crippen LogP contribution in [-0.4, -0.2) is 47.5 Å². The van der Waals surface area contributed by atoms with Crippen LogP contribution in [0.15, 0.2) is 6.20 Å². The van der Waals surface area contributed by atoms with Crippen molar-refractivity contribution in [1.29, 1.82) is 0 Å². The Hall–Kier alpha value is -1.08. The third-order valence-electron chi connectivity index (χ3n) is 3.02. The van der Waals surface area contributed by atoms with E-state index in [1.165, 1.54) is 13.1 Å². The summed E-state index contributed by atoms with van der Waals surface area (Å²) in [5.41, 5.74) is -0.472. The van der Waals surface area contributed by atoms with Crippen molar-refractivity contribution in [3.05, 3.63) is 17.5 Å². The number of hydrogen-bond acceptors (Lipinski definition) is 3. The first-order chi connectivity index (χ1) is 8.48. The summed E-state index contributed by atoms with van der Waals surface area (Å²) in [5, 5.41) is 3.81. The van der Waals surface area contributed by atoms with Crippen LogP contribution < -0.4 is 0 Å². The molecule has 2 rings (SSSR count). The molecule has 2 heterocycles. The first-order valence-corrected chi connectivity index (χ1v) is 5.88. The summed E-state index contributed by atoms with van der Waals surface area (Å²) in [7, 11) is 0. The Morgan fingerprint density at radius 1 is 1.28 bits per heavy atom. The number of aromatic nitrogens is 2. The minimum absolute atomic E-state index is 0.171. The highest BCUT2D eigenvalue weighted by atomic mass is 19.4. The molecule has 4 nitrogen and oxygen atoms in total. The first-order valence-electron chi connectivity index (χ1n) is 5.88. The Bertz CT molecular complexity index is 397. The van der Waals surface area contributed by atoms with Crippen LogP contribution in [0.5, 0.6) is 0 Å². The normalized spacial score (nSPS) is 18.2. The second-order valence-corrected chi connectivity index (χ2v) is 4.35. The van der Waals surface area contributed by atoms with Gasteiger partial charge in [-0.25, -0.2) is 0 Å². The van der Waals surface area contributed by atoms with Gasteiger partial charge < -0.3 is 4.74 Å². The van der Waals surface area contributed by atoms with Crippen molar-refractivity contribution in [2.75, 3.05) is 32.8 Å². The maximum atomic E-state index is 12.8. The lowest BCUT2D eigenvalue weighted by Crippen LogP contribution is -2.38. The molecule has 7 heteroatoms. The maximum Gasteiger partial charge on any atom is 0.433 e. The summed E-state index contributed by atoms with van der Waals surface area (Å²) < 4.78 is 44.7. The molecule has 1 saturated heterocycles. The Balaban J connectivity index is 2.01. The minimum Gasteiger partial charge on any atom is -0.379 e. The lowest BCUT2D eigenvalue weighted by molar-refractivity contribution is -0.144. The number of ether oxygens (including phenoxy) is 1. The topological polar surface area (TPSA) is 30.3 Å². The monoisotopic (exact) mass is 263 g/mol. The molecular formula is C11H16F3N3O. The van der Waals surface area contributed by atoms with Crippen molar-refractivity contribution < 1.29 is 17.9 Å². The molecular weight excluding hydrogens is 247 g/mol. The molecule has 0 saturated carbocycles. The van der Waals surface area contributed by atoms with Gasteiger partial charge >= 0.3 is 6.18 Å². The first kappa shape index (κ1) is 13.4. The van der Waals surface area contributed by atoms with Crippen LogP contribution in [0.1, 0.15) is 11.3 Å². The summed E-state index contributed by atoms with van der Waals surface area (Å²) in [4.78, 5) is 2.08. The van der Waals surface area contributed by atoms with Gasteiger partial charge in [-0.2, -0.15) is 18.3 Å². The molecule has 0 amide bonds. The van der Waals surface area contributed by atoms with Crippen LogP contribution in [0, 0.1) is 6.92 Å². The average molecular weight is 263 g/mol. The van der Waals surface area contributed by atoms with Crippen LogP contribution in [0.2, 0.25) is 0 Å². The Kier molecular flexibility index (Phi) is 3.91. The van der Waals surface area contributed by atoms with Crippen molar-refractivity contribution in [3.8, 4) is 0 Å². The van der Waals surface area contributed by atoms with Crippen molar-refractivity contribution in [2.45, 2.75) is 19.6 Å². The lowest BCUT2D eigenvalue weighted by atomic mass is 10.2. The predicted octanol–water partition coefficient (Wildman–Crippen LogP) is 1.54. The van der Waals surface area contributed by atoms with Gasteiger partial charge in [-0.3, -0.25) is 9.58 Å². The van der Waals surface area contributed by atoms with E-state index in [-0.39, 0.29) is 12.1 Å². The van der Waals surface area contributed by atoms with Crippen LogP contribution in [-0.2, 0) is 17.5 Å². The molecule has 0 aromatic carbocycles. The summed E-state index contributed by atoms with van der Waals surface area (Å²) in [6.45, 7) is 5.06.